The molecule has 0 amide bonds. The molecular weight excluding hydrogens is 252 g/mol. The van der Waals surface area contributed by atoms with E-state index in [2.05, 4.69) is 47.7 Å². The monoisotopic (exact) mass is 276 g/mol. The summed E-state index contributed by atoms with van der Waals surface area (Å²) >= 11 is 0. The number of anilines is 1. The maximum absolute atomic E-state index is 5.79. The highest BCUT2D eigenvalue weighted by Gasteiger charge is 2.20. The van der Waals surface area contributed by atoms with Crippen LogP contribution in [0.4, 0.5) is 5.82 Å². The van der Waals surface area contributed by atoms with Gasteiger partial charge >= 0.3 is 0 Å². The van der Waals surface area contributed by atoms with Crippen molar-refractivity contribution in [1.29, 1.82) is 0 Å². The Morgan fingerprint density at radius 2 is 2.05 bits per heavy atom. The second-order valence-corrected chi connectivity index (χ2v) is 5.81. The van der Waals surface area contributed by atoms with Gasteiger partial charge in [-0.25, -0.2) is 15.0 Å². The number of aromatic nitrogens is 4. The summed E-state index contributed by atoms with van der Waals surface area (Å²) in [6.45, 7) is 8.69. The van der Waals surface area contributed by atoms with Crippen molar-refractivity contribution >= 4 is 17.0 Å². The van der Waals surface area contributed by atoms with E-state index in [0.717, 1.165) is 31.6 Å². The number of rotatable bonds is 6. The minimum absolute atomic E-state index is 0.240. The van der Waals surface area contributed by atoms with E-state index in [9.17, 15) is 0 Å². The highest BCUT2D eigenvalue weighted by atomic mass is 15.2. The fraction of sp³-hybridized carbons (Fsp3) is 0.643. The highest BCUT2D eigenvalue weighted by Crippen LogP contribution is 2.17. The zero-order valence-electron chi connectivity index (χ0n) is 12.8. The van der Waals surface area contributed by atoms with Crippen molar-refractivity contribution in [2.75, 3.05) is 19.3 Å². The van der Waals surface area contributed by atoms with Crippen molar-refractivity contribution in [3.05, 3.63) is 12.7 Å². The lowest BCUT2D eigenvalue weighted by molar-refractivity contribution is 0.147. The largest absolute Gasteiger partial charge is 0.382 e. The number of nitrogens with zero attached hydrogens (tertiary/aromatic N) is 5. The number of nitrogens with two attached hydrogens (primary N) is 1. The average Bonchev–Trinajstić information content (AvgIpc) is 2.83. The molecule has 0 aliphatic carbocycles. The molecule has 0 saturated carbocycles. The molecule has 6 nitrogen and oxygen atoms in total. The van der Waals surface area contributed by atoms with Crippen LogP contribution in [0.1, 0.15) is 33.6 Å². The van der Waals surface area contributed by atoms with Crippen molar-refractivity contribution in [3.8, 4) is 0 Å². The Balaban J connectivity index is 1.99. The first-order valence-corrected chi connectivity index (χ1v) is 7.08. The zero-order chi connectivity index (χ0) is 14.8. The molecule has 0 saturated heterocycles. The summed E-state index contributed by atoms with van der Waals surface area (Å²) in [7, 11) is 2.18. The van der Waals surface area contributed by atoms with Gasteiger partial charge in [0.2, 0.25) is 0 Å². The molecule has 6 heteroatoms. The number of aryl methyl sites for hydroxylation is 1. The molecule has 0 aromatic carbocycles. The molecule has 0 fully saturated rings. The number of hydrogen-bond donors (Lipinski definition) is 1. The fourth-order valence-corrected chi connectivity index (χ4v) is 2.11. The molecule has 0 aliphatic heterocycles. The van der Waals surface area contributed by atoms with Gasteiger partial charge < -0.3 is 15.2 Å². The van der Waals surface area contributed by atoms with E-state index in [1.54, 1.807) is 6.33 Å². The van der Waals surface area contributed by atoms with Gasteiger partial charge in [-0.2, -0.15) is 0 Å². The topological polar surface area (TPSA) is 72.9 Å². The molecule has 110 valence electrons. The molecule has 2 aromatic rings. The van der Waals surface area contributed by atoms with Crippen molar-refractivity contribution in [2.45, 2.75) is 45.7 Å². The van der Waals surface area contributed by atoms with Crippen molar-refractivity contribution in [1.82, 2.24) is 24.4 Å². The highest BCUT2D eigenvalue weighted by molar-refractivity contribution is 5.80. The second-order valence-electron chi connectivity index (χ2n) is 5.81. The van der Waals surface area contributed by atoms with Gasteiger partial charge in [0.05, 0.1) is 6.33 Å². The molecule has 0 aliphatic rings. The van der Waals surface area contributed by atoms with Crippen molar-refractivity contribution in [3.63, 3.8) is 0 Å². The standard InChI is InChI=1S/C14H24N6/c1-5-14(2,3)19(4)7-6-8-20-10-18-11-12(15)16-9-17-13(11)20/h9-10H,5-8H2,1-4H3,(H2,15,16,17). The quantitative estimate of drug-likeness (QED) is 0.872. The van der Waals surface area contributed by atoms with E-state index in [4.69, 9.17) is 5.73 Å². The van der Waals surface area contributed by atoms with Crippen LogP contribution in [-0.2, 0) is 6.54 Å². The predicted molar refractivity (Wildman–Crippen MR) is 81.4 cm³/mol. The summed E-state index contributed by atoms with van der Waals surface area (Å²) in [5, 5.41) is 0. The van der Waals surface area contributed by atoms with E-state index in [1.165, 1.54) is 6.33 Å². The van der Waals surface area contributed by atoms with Crippen LogP contribution in [0, 0.1) is 0 Å². The van der Waals surface area contributed by atoms with Crippen LogP contribution in [0.25, 0.3) is 11.2 Å². The first-order chi connectivity index (χ1) is 9.45. The minimum Gasteiger partial charge on any atom is -0.382 e. The summed E-state index contributed by atoms with van der Waals surface area (Å²) in [6, 6.07) is 0. The first-order valence-electron chi connectivity index (χ1n) is 7.08. The van der Waals surface area contributed by atoms with Crippen molar-refractivity contribution < 1.29 is 0 Å². The molecular formula is C14H24N6. The summed E-state index contributed by atoms with van der Waals surface area (Å²) in [5.74, 6) is 0.443. The Morgan fingerprint density at radius 3 is 2.75 bits per heavy atom. The van der Waals surface area contributed by atoms with Crippen LogP contribution in [0.3, 0.4) is 0 Å². The molecule has 0 atom stereocenters. The van der Waals surface area contributed by atoms with E-state index in [0.29, 0.717) is 11.3 Å². The molecule has 2 rings (SSSR count). The summed E-state index contributed by atoms with van der Waals surface area (Å²) in [4.78, 5) is 14.9. The molecule has 20 heavy (non-hydrogen) atoms. The molecule has 2 heterocycles. The SMILES string of the molecule is CCC(C)(C)N(C)CCCn1cnc2c(N)ncnc21. The first kappa shape index (κ1) is 14.7. The van der Waals surface area contributed by atoms with Crippen LogP contribution in [0.2, 0.25) is 0 Å². The van der Waals surface area contributed by atoms with E-state index < -0.39 is 0 Å². The fourth-order valence-electron chi connectivity index (χ4n) is 2.11. The lowest BCUT2D eigenvalue weighted by Gasteiger charge is -2.34. The smallest absolute Gasteiger partial charge is 0.165 e. The normalized spacial score (nSPS) is 12.4. The van der Waals surface area contributed by atoms with Crippen LogP contribution in [0.15, 0.2) is 12.7 Å². The van der Waals surface area contributed by atoms with Gasteiger partial charge in [0.15, 0.2) is 11.5 Å². The van der Waals surface area contributed by atoms with Gasteiger partial charge in [0, 0.05) is 18.6 Å². The number of imidazole rings is 1. The molecule has 2 N–H and O–H groups in total. The maximum atomic E-state index is 5.79. The number of fused-ring (bicyclic) bond motifs is 1. The average molecular weight is 276 g/mol. The third-order valence-corrected chi connectivity index (χ3v) is 4.22. The zero-order valence-corrected chi connectivity index (χ0v) is 12.8. The van der Waals surface area contributed by atoms with E-state index in [-0.39, 0.29) is 5.54 Å². The Kier molecular flexibility index (Phi) is 4.23. The molecule has 0 bridgehead atoms. The summed E-state index contributed by atoms with van der Waals surface area (Å²) in [6.07, 6.45) is 5.47. The third-order valence-electron chi connectivity index (χ3n) is 4.22. The van der Waals surface area contributed by atoms with Gasteiger partial charge in [-0.15, -0.1) is 0 Å². The maximum Gasteiger partial charge on any atom is 0.165 e. The molecule has 0 unspecified atom stereocenters. The summed E-state index contributed by atoms with van der Waals surface area (Å²) < 4.78 is 2.04. The van der Waals surface area contributed by atoms with E-state index >= 15 is 0 Å². The third kappa shape index (κ3) is 2.90. The van der Waals surface area contributed by atoms with Crippen LogP contribution >= 0.6 is 0 Å². The van der Waals surface area contributed by atoms with Crippen molar-refractivity contribution in [2.24, 2.45) is 0 Å². The Bertz CT molecular complexity index is 574. The second kappa shape index (κ2) is 5.75. The molecule has 2 aromatic heterocycles. The predicted octanol–water partition coefficient (Wildman–Crippen LogP) is 1.92. The number of hydrogen-bond acceptors (Lipinski definition) is 5. The van der Waals surface area contributed by atoms with Gasteiger partial charge in [0.1, 0.15) is 11.8 Å². The van der Waals surface area contributed by atoms with Gasteiger partial charge in [-0.3, -0.25) is 0 Å². The summed E-state index contributed by atoms with van der Waals surface area (Å²) in [5.41, 5.74) is 7.53. The minimum atomic E-state index is 0.240. The Morgan fingerprint density at radius 1 is 1.30 bits per heavy atom. The van der Waals surface area contributed by atoms with Crippen LogP contribution in [0.5, 0.6) is 0 Å². The van der Waals surface area contributed by atoms with Crippen LogP contribution in [-0.4, -0.2) is 43.6 Å². The Hall–Kier alpha value is -1.69. The van der Waals surface area contributed by atoms with Crippen LogP contribution < -0.4 is 5.73 Å². The van der Waals surface area contributed by atoms with E-state index in [1.807, 2.05) is 4.57 Å². The molecule has 0 spiro atoms. The number of nitrogen functional groups attached to an aromatic ring is 1. The lowest BCUT2D eigenvalue weighted by atomic mass is 10.00. The lowest BCUT2D eigenvalue weighted by Crippen LogP contribution is -2.41. The van der Waals surface area contributed by atoms with Gasteiger partial charge in [0.25, 0.3) is 0 Å². The molecule has 0 radical (unpaired) electrons. The van der Waals surface area contributed by atoms with Gasteiger partial charge in [-0.1, -0.05) is 6.92 Å². The van der Waals surface area contributed by atoms with Gasteiger partial charge in [-0.05, 0) is 33.7 Å². The Labute approximate surface area is 120 Å².